The SMILES string of the molecule is CC[C@H](C)[C@@H]1NC(=O)[C@H](Cc2ccccc2)NC(=O)CCSCC[C@@H](C(=O)N(CC(=O)N[C@@H](CC(C)C)C(=O)NCC(N)=O)Cc2ccc(F)cc2)NC(=O)[C@H](CC(N)=O)NC(=O)[C@H](CCC(N)=O)NC1=O. The average molecular weight is 1030 g/mol. The second kappa shape index (κ2) is 29.9. The summed E-state index contributed by atoms with van der Waals surface area (Å²) in [5.41, 5.74) is 17.2. The fraction of sp³-hybridized carbons (Fsp3) is 0.521. The van der Waals surface area contributed by atoms with E-state index in [4.69, 9.17) is 17.2 Å². The Morgan fingerprint density at radius 1 is 0.750 bits per heavy atom. The van der Waals surface area contributed by atoms with Gasteiger partial charge in [-0.2, -0.15) is 11.8 Å². The third kappa shape index (κ3) is 21.1. The van der Waals surface area contributed by atoms with Crippen molar-refractivity contribution in [3.8, 4) is 0 Å². The molecule has 0 aromatic heterocycles. The van der Waals surface area contributed by atoms with Crippen LogP contribution in [0.3, 0.4) is 0 Å². The van der Waals surface area contributed by atoms with Crippen molar-refractivity contribution >= 4 is 76.7 Å². The molecule has 72 heavy (non-hydrogen) atoms. The van der Waals surface area contributed by atoms with E-state index in [-0.39, 0.29) is 49.7 Å². The number of halogens is 1. The molecule has 3 rings (SSSR count). The van der Waals surface area contributed by atoms with Crippen molar-refractivity contribution in [2.24, 2.45) is 29.0 Å². The van der Waals surface area contributed by atoms with Gasteiger partial charge >= 0.3 is 0 Å². The Labute approximate surface area is 421 Å². The van der Waals surface area contributed by atoms with Gasteiger partial charge in [0.25, 0.3) is 0 Å². The second-order valence-corrected chi connectivity index (χ2v) is 19.2. The van der Waals surface area contributed by atoms with Crippen LogP contribution in [0.15, 0.2) is 54.6 Å². The van der Waals surface area contributed by atoms with Crippen LogP contribution in [0.1, 0.15) is 83.8 Å². The smallest absolute Gasteiger partial charge is 0.245 e. The topological polar surface area (TPSA) is 353 Å². The fourth-order valence-electron chi connectivity index (χ4n) is 7.43. The normalized spacial score (nSPS) is 20.5. The van der Waals surface area contributed by atoms with Gasteiger partial charge in [-0.25, -0.2) is 4.39 Å². The van der Waals surface area contributed by atoms with E-state index in [9.17, 15) is 57.1 Å². The van der Waals surface area contributed by atoms with Crippen molar-refractivity contribution < 1.29 is 57.1 Å². The molecule has 22 nitrogen and oxygen atoms in total. The van der Waals surface area contributed by atoms with E-state index in [1.165, 1.54) is 23.9 Å². The molecule has 1 heterocycles. The number of primary amides is 3. The number of rotatable bonds is 20. The predicted octanol–water partition coefficient (Wildman–Crippen LogP) is -1.33. The molecule has 11 amide bonds. The number of nitrogens with two attached hydrogens (primary N) is 3. The molecule has 1 aliphatic heterocycles. The summed E-state index contributed by atoms with van der Waals surface area (Å²) in [4.78, 5) is 148. The quantitative estimate of drug-likeness (QED) is 0.0738. The van der Waals surface area contributed by atoms with Crippen molar-refractivity contribution in [2.75, 3.05) is 24.6 Å². The zero-order valence-electron chi connectivity index (χ0n) is 41.0. The lowest BCUT2D eigenvalue weighted by Crippen LogP contribution is -2.61. The molecule has 13 N–H and O–H groups in total. The summed E-state index contributed by atoms with van der Waals surface area (Å²) in [5, 5.41) is 17.9. The molecule has 0 bridgehead atoms. The van der Waals surface area contributed by atoms with Crippen LogP contribution < -0.4 is 54.4 Å². The first-order chi connectivity index (χ1) is 34.1. The summed E-state index contributed by atoms with van der Waals surface area (Å²) in [6.45, 7) is 5.47. The molecule has 0 saturated carbocycles. The van der Waals surface area contributed by atoms with Crippen LogP contribution in [-0.2, 0) is 65.7 Å². The van der Waals surface area contributed by atoms with Crippen LogP contribution in [-0.4, -0.2) is 131 Å². The Balaban J connectivity index is 2.10. The lowest BCUT2D eigenvalue weighted by atomic mass is 9.96. The number of carbonyl (C=O) groups is 11. The van der Waals surface area contributed by atoms with Crippen LogP contribution in [0.2, 0.25) is 0 Å². The summed E-state index contributed by atoms with van der Waals surface area (Å²) in [6.07, 6.45) is -1.40. The summed E-state index contributed by atoms with van der Waals surface area (Å²) >= 11 is 1.20. The van der Waals surface area contributed by atoms with E-state index < -0.39 is 145 Å². The maximum Gasteiger partial charge on any atom is 0.245 e. The maximum absolute atomic E-state index is 14.8. The molecule has 1 fully saturated rings. The first kappa shape index (κ1) is 59.2. The molecule has 0 unspecified atom stereocenters. The summed E-state index contributed by atoms with van der Waals surface area (Å²) in [5.74, 6) is -10.4. The molecular formula is C48H68FN11O11S. The average Bonchev–Trinajstić information content (AvgIpc) is 3.31. The first-order valence-electron chi connectivity index (χ1n) is 23.6. The van der Waals surface area contributed by atoms with E-state index in [2.05, 4.69) is 37.2 Å². The zero-order chi connectivity index (χ0) is 53.5. The van der Waals surface area contributed by atoms with Crippen molar-refractivity contribution in [2.45, 2.75) is 122 Å². The van der Waals surface area contributed by atoms with Gasteiger partial charge in [0.2, 0.25) is 65.0 Å². The molecule has 0 aliphatic carbocycles. The number of thioether (sulfide) groups is 1. The summed E-state index contributed by atoms with van der Waals surface area (Å²) in [6, 6.07) is 5.32. The molecular weight excluding hydrogens is 958 g/mol. The largest absolute Gasteiger partial charge is 0.370 e. The number of benzene rings is 2. The maximum atomic E-state index is 14.8. The van der Waals surface area contributed by atoms with Crippen LogP contribution in [0.5, 0.6) is 0 Å². The van der Waals surface area contributed by atoms with Gasteiger partial charge in [0.1, 0.15) is 42.1 Å². The Bertz CT molecular complexity index is 2240. The molecule has 394 valence electrons. The van der Waals surface area contributed by atoms with Gasteiger partial charge in [0.15, 0.2) is 0 Å². The predicted molar refractivity (Wildman–Crippen MR) is 263 cm³/mol. The summed E-state index contributed by atoms with van der Waals surface area (Å²) in [7, 11) is 0. The second-order valence-electron chi connectivity index (χ2n) is 17.9. The number of hydrogen-bond acceptors (Lipinski definition) is 12. The number of nitrogens with zero attached hydrogens (tertiary/aromatic N) is 1. The van der Waals surface area contributed by atoms with Crippen LogP contribution in [0, 0.1) is 17.7 Å². The highest BCUT2D eigenvalue weighted by atomic mass is 32.2. The zero-order valence-corrected chi connectivity index (χ0v) is 41.8. The van der Waals surface area contributed by atoms with E-state index in [0.29, 0.717) is 17.5 Å². The third-order valence-corrected chi connectivity index (χ3v) is 12.5. The van der Waals surface area contributed by atoms with Crippen molar-refractivity contribution in [3.05, 3.63) is 71.5 Å². The van der Waals surface area contributed by atoms with Crippen molar-refractivity contribution in [1.29, 1.82) is 0 Å². The fourth-order valence-corrected chi connectivity index (χ4v) is 8.37. The Kier molecular flexibility index (Phi) is 24.6. The van der Waals surface area contributed by atoms with E-state index in [1.54, 1.807) is 58.0 Å². The molecule has 1 aliphatic rings. The first-order valence-corrected chi connectivity index (χ1v) is 24.8. The van der Waals surface area contributed by atoms with E-state index in [0.717, 1.165) is 17.0 Å². The Morgan fingerprint density at radius 2 is 1.39 bits per heavy atom. The lowest BCUT2D eigenvalue weighted by molar-refractivity contribution is -0.141. The number of amides is 11. The minimum atomic E-state index is -1.78. The molecule has 0 spiro atoms. The molecule has 24 heteroatoms. The van der Waals surface area contributed by atoms with Crippen LogP contribution in [0.4, 0.5) is 4.39 Å². The van der Waals surface area contributed by atoms with Gasteiger partial charge in [-0.05, 0) is 60.1 Å². The van der Waals surface area contributed by atoms with Crippen molar-refractivity contribution in [1.82, 2.24) is 42.1 Å². The number of nitrogens with one attached hydrogen (secondary N) is 7. The van der Waals surface area contributed by atoms with Gasteiger partial charge < -0.3 is 59.3 Å². The highest BCUT2D eigenvalue weighted by Gasteiger charge is 2.36. The lowest BCUT2D eigenvalue weighted by Gasteiger charge is -2.30. The number of hydrogen-bond donors (Lipinski definition) is 10. The Morgan fingerprint density at radius 3 is 2.00 bits per heavy atom. The molecule has 7 atom stereocenters. The highest BCUT2D eigenvalue weighted by Crippen LogP contribution is 2.16. The molecule has 1 saturated heterocycles. The standard InChI is InChI=1S/C48H68FN11O11S/c1-5-28(4)42-47(70)56-32(15-16-37(50)61)44(67)58-36(23-38(51)62)45(68)57-33(17-19-72-20-18-40(64)54-35(46(69)59-42)22-29-9-7-6-8-10-29)48(71)60(25-30-11-13-31(49)14-12-30)26-41(65)55-34(21-27(2)3)43(66)53-24-39(52)63/h6-14,27-28,32-36,42H,5,15-26H2,1-4H3,(H2,50,61)(H2,51,62)(H2,52,63)(H,53,66)(H,54,64)(H,55,65)(H,56,70)(H,57,68)(H,58,67)(H,59,69)/t28-,32-,33-,34-,35-,36-,42-/m0/s1. The Hall–Kier alpha value is -7.11. The van der Waals surface area contributed by atoms with Crippen LogP contribution in [0.25, 0.3) is 0 Å². The minimum Gasteiger partial charge on any atom is -0.370 e. The molecule has 0 radical (unpaired) electrons. The van der Waals surface area contributed by atoms with Gasteiger partial charge in [-0.3, -0.25) is 52.7 Å². The van der Waals surface area contributed by atoms with Crippen LogP contribution >= 0.6 is 11.8 Å². The molecule has 2 aromatic rings. The minimum absolute atomic E-state index is 0.0438. The highest BCUT2D eigenvalue weighted by molar-refractivity contribution is 7.99. The monoisotopic (exact) mass is 1030 g/mol. The number of carbonyl (C=O) groups excluding carboxylic acids is 11. The van der Waals surface area contributed by atoms with Gasteiger partial charge in [0.05, 0.1) is 19.5 Å². The van der Waals surface area contributed by atoms with E-state index >= 15 is 0 Å². The van der Waals surface area contributed by atoms with Gasteiger partial charge in [0, 0.05) is 31.6 Å². The summed E-state index contributed by atoms with van der Waals surface area (Å²) < 4.78 is 14.0. The molecule has 2 aromatic carbocycles. The van der Waals surface area contributed by atoms with E-state index in [1.807, 2.05) is 0 Å². The van der Waals surface area contributed by atoms with Crippen molar-refractivity contribution in [3.63, 3.8) is 0 Å². The van der Waals surface area contributed by atoms with Gasteiger partial charge in [-0.1, -0.05) is 76.6 Å². The third-order valence-electron chi connectivity index (χ3n) is 11.4. The van der Waals surface area contributed by atoms with Gasteiger partial charge in [-0.15, -0.1) is 0 Å².